The van der Waals surface area contributed by atoms with E-state index >= 15 is 0 Å². The van der Waals surface area contributed by atoms with E-state index < -0.39 is 55.1 Å². The minimum Gasteiger partial charge on any atom is -0.456 e. The Morgan fingerprint density at radius 2 is 1.64 bits per heavy atom. The van der Waals surface area contributed by atoms with E-state index in [0.29, 0.717) is 0 Å². The summed E-state index contributed by atoms with van der Waals surface area (Å²) < 4.78 is 22.1. The third-order valence-corrected chi connectivity index (χ3v) is 4.06. The first-order chi connectivity index (χ1) is 13.3. The van der Waals surface area contributed by atoms with Crippen LogP contribution in [0.1, 0.15) is 26.3 Å². The molecule has 0 aliphatic carbocycles. The lowest BCUT2D eigenvalue weighted by Gasteiger charge is -2.44. The third-order valence-electron chi connectivity index (χ3n) is 4.06. The van der Waals surface area contributed by atoms with Gasteiger partial charge in [-0.3, -0.25) is 14.4 Å². The number of carbonyl (C=O) groups excluding carboxylic acids is 3. The molecule has 2 rings (SSSR count). The van der Waals surface area contributed by atoms with Crippen molar-refractivity contribution in [2.75, 3.05) is 6.61 Å². The first-order valence-electron chi connectivity index (χ1n) is 8.85. The highest BCUT2D eigenvalue weighted by Crippen LogP contribution is 2.28. The van der Waals surface area contributed by atoms with Gasteiger partial charge in [-0.25, -0.2) is 0 Å². The number of ether oxygens (including phenoxy) is 4. The van der Waals surface area contributed by atoms with Crippen LogP contribution in [0.3, 0.4) is 0 Å². The number of hydrogen-bond acceptors (Lipinski definition) is 8. The molecule has 1 aliphatic rings. The molecule has 0 spiro atoms. The number of amides is 1. The Bertz CT molecular complexity index is 680. The molecule has 0 unspecified atom stereocenters. The van der Waals surface area contributed by atoms with Gasteiger partial charge >= 0.3 is 11.9 Å². The maximum Gasteiger partial charge on any atom is 0.303 e. The first kappa shape index (κ1) is 21.8. The number of aliphatic hydroxyl groups is 1. The van der Waals surface area contributed by atoms with Gasteiger partial charge in [0.1, 0.15) is 12.1 Å². The molecule has 1 heterocycles. The van der Waals surface area contributed by atoms with Crippen LogP contribution in [0.4, 0.5) is 0 Å². The first-order valence-corrected chi connectivity index (χ1v) is 8.85. The fourth-order valence-electron chi connectivity index (χ4n) is 3.00. The molecule has 1 aromatic carbocycles. The smallest absolute Gasteiger partial charge is 0.303 e. The fraction of sp³-hybridized carbons (Fsp3) is 0.526. The van der Waals surface area contributed by atoms with Gasteiger partial charge in [-0.15, -0.1) is 0 Å². The molecule has 0 bridgehead atoms. The van der Waals surface area contributed by atoms with E-state index in [1.54, 1.807) is 0 Å². The number of carbonyl (C=O) groups is 3. The zero-order valence-electron chi connectivity index (χ0n) is 16.0. The van der Waals surface area contributed by atoms with E-state index in [-0.39, 0.29) is 6.61 Å². The van der Waals surface area contributed by atoms with Gasteiger partial charge in [-0.2, -0.15) is 0 Å². The number of aliphatic hydroxyl groups excluding tert-OH is 1. The highest BCUT2D eigenvalue weighted by Gasteiger charge is 2.50. The van der Waals surface area contributed by atoms with E-state index in [9.17, 15) is 19.5 Å². The Morgan fingerprint density at radius 3 is 2.18 bits per heavy atom. The van der Waals surface area contributed by atoms with E-state index in [0.717, 1.165) is 5.56 Å². The molecule has 28 heavy (non-hydrogen) atoms. The van der Waals surface area contributed by atoms with Crippen LogP contribution in [0.5, 0.6) is 0 Å². The Kier molecular flexibility index (Phi) is 7.91. The van der Waals surface area contributed by atoms with Gasteiger partial charge in [0, 0.05) is 20.8 Å². The molecule has 2 N–H and O–H groups in total. The summed E-state index contributed by atoms with van der Waals surface area (Å²) in [6, 6.07) is 8.32. The number of nitrogens with one attached hydrogen (secondary N) is 1. The lowest BCUT2D eigenvalue weighted by molar-refractivity contribution is -0.279. The van der Waals surface area contributed by atoms with Crippen molar-refractivity contribution in [3.63, 3.8) is 0 Å². The Hall–Kier alpha value is -2.49. The Balaban J connectivity index is 2.29. The highest BCUT2D eigenvalue weighted by molar-refractivity contribution is 5.73. The van der Waals surface area contributed by atoms with Gasteiger partial charge < -0.3 is 29.4 Å². The zero-order chi connectivity index (χ0) is 20.7. The fourth-order valence-corrected chi connectivity index (χ4v) is 3.00. The van der Waals surface area contributed by atoms with Gasteiger partial charge in [0.05, 0.1) is 13.2 Å². The van der Waals surface area contributed by atoms with E-state index in [2.05, 4.69) is 5.32 Å². The van der Waals surface area contributed by atoms with Gasteiger partial charge in [0.15, 0.2) is 18.5 Å². The summed E-state index contributed by atoms with van der Waals surface area (Å²) in [4.78, 5) is 34.9. The average molecular weight is 395 g/mol. The number of benzene rings is 1. The molecule has 1 fully saturated rings. The standard InChI is InChI=1S/C19H25NO8/c1-11(22)20-16-18(27-13(3)24)17(26-12(2)23)15(9-21)28-19(16)25-10-14-7-5-4-6-8-14/h4-8,15-19,21H,9-10H2,1-3H3,(H,20,22)/t15-,16+,17+,18+,19+/m0/s1. The quantitative estimate of drug-likeness (QED) is 0.632. The van der Waals surface area contributed by atoms with Crippen LogP contribution in [-0.4, -0.2) is 60.2 Å². The van der Waals surface area contributed by atoms with Crippen molar-refractivity contribution < 1.29 is 38.4 Å². The predicted octanol–water partition coefficient (Wildman–Crippen LogP) is 0.288. The monoisotopic (exact) mass is 395 g/mol. The molecule has 1 aromatic rings. The van der Waals surface area contributed by atoms with Crippen LogP contribution >= 0.6 is 0 Å². The molecule has 1 saturated heterocycles. The number of esters is 2. The molecular formula is C19H25NO8. The van der Waals surface area contributed by atoms with Crippen LogP contribution in [0, 0.1) is 0 Å². The molecular weight excluding hydrogens is 370 g/mol. The maximum atomic E-state index is 11.7. The van der Waals surface area contributed by atoms with Crippen LogP contribution in [-0.2, 0) is 39.9 Å². The van der Waals surface area contributed by atoms with E-state index in [4.69, 9.17) is 18.9 Å². The summed E-state index contributed by atoms with van der Waals surface area (Å²) in [7, 11) is 0. The lowest BCUT2D eigenvalue weighted by atomic mass is 9.96. The Labute approximate surface area is 162 Å². The minimum atomic E-state index is -1.11. The molecule has 0 aromatic heterocycles. The summed E-state index contributed by atoms with van der Waals surface area (Å²) in [5.74, 6) is -1.70. The normalized spacial score (nSPS) is 26.9. The van der Waals surface area contributed by atoms with E-state index in [1.165, 1.54) is 20.8 Å². The molecule has 9 nitrogen and oxygen atoms in total. The maximum absolute atomic E-state index is 11.7. The second-order valence-corrected chi connectivity index (χ2v) is 6.40. The van der Waals surface area contributed by atoms with Crippen molar-refractivity contribution in [1.82, 2.24) is 5.32 Å². The molecule has 1 aliphatic heterocycles. The third kappa shape index (κ3) is 6.01. The predicted molar refractivity (Wildman–Crippen MR) is 95.7 cm³/mol. The number of rotatable bonds is 7. The molecule has 5 atom stereocenters. The topological polar surface area (TPSA) is 120 Å². The minimum absolute atomic E-state index is 0.158. The molecule has 0 radical (unpaired) electrons. The van der Waals surface area contributed by atoms with Crippen molar-refractivity contribution in [1.29, 1.82) is 0 Å². The largest absolute Gasteiger partial charge is 0.456 e. The average Bonchev–Trinajstić information content (AvgIpc) is 2.63. The van der Waals surface area contributed by atoms with E-state index in [1.807, 2.05) is 30.3 Å². The lowest BCUT2D eigenvalue weighted by Crippen LogP contribution is -2.66. The summed E-state index contributed by atoms with van der Waals surface area (Å²) in [5, 5.41) is 12.3. The summed E-state index contributed by atoms with van der Waals surface area (Å²) >= 11 is 0. The summed E-state index contributed by atoms with van der Waals surface area (Å²) in [6.07, 6.45) is -4.26. The van der Waals surface area contributed by atoms with Crippen LogP contribution in [0.2, 0.25) is 0 Å². The van der Waals surface area contributed by atoms with Crippen molar-refractivity contribution in [2.45, 2.75) is 58.0 Å². The molecule has 0 saturated carbocycles. The zero-order valence-corrected chi connectivity index (χ0v) is 16.0. The van der Waals surface area contributed by atoms with Crippen molar-refractivity contribution in [2.24, 2.45) is 0 Å². The van der Waals surface area contributed by atoms with Gasteiger partial charge in [0.25, 0.3) is 0 Å². The Morgan fingerprint density at radius 1 is 1.04 bits per heavy atom. The second-order valence-electron chi connectivity index (χ2n) is 6.40. The highest BCUT2D eigenvalue weighted by atomic mass is 16.7. The summed E-state index contributed by atoms with van der Waals surface area (Å²) in [6.45, 7) is 3.32. The van der Waals surface area contributed by atoms with Crippen molar-refractivity contribution in [3.8, 4) is 0 Å². The second kappa shape index (κ2) is 10.2. The molecule has 154 valence electrons. The van der Waals surface area contributed by atoms with Crippen molar-refractivity contribution >= 4 is 17.8 Å². The van der Waals surface area contributed by atoms with Crippen LogP contribution < -0.4 is 5.32 Å². The molecule has 1 amide bonds. The van der Waals surface area contributed by atoms with Crippen LogP contribution in [0.25, 0.3) is 0 Å². The van der Waals surface area contributed by atoms with Gasteiger partial charge in [0.2, 0.25) is 5.91 Å². The summed E-state index contributed by atoms with van der Waals surface area (Å²) in [5.41, 5.74) is 0.861. The SMILES string of the molecule is CC(=O)N[C@H]1[C@H](OCc2ccccc2)O[C@@H](CO)[C@@H](OC(C)=O)[C@@H]1OC(C)=O. The van der Waals surface area contributed by atoms with Gasteiger partial charge in [-0.1, -0.05) is 30.3 Å². The van der Waals surface area contributed by atoms with Crippen LogP contribution in [0.15, 0.2) is 30.3 Å². The molecule has 9 heteroatoms. The van der Waals surface area contributed by atoms with Gasteiger partial charge in [-0.05, 0) is 5.56 Å². The van der Waals surface area contributed by atoms with Crippen molar-refractivity contribution in [3.05, 3.63) is 35.9 Å². The number of hydrogen-bond donors (Lipinski definition) is 2.